The Morgan fingerprint density at radius 2 is 2.21 bits per heavy atom. The van der Waals surface area contributed by atoms with Gasteiger partial charge in [0.15, 0.2) is 0 Å². The number of anilines is 2. The number of nitrogen functional groups attached to an aromatic ring is 1. The van der Waals surface area contributed by atoms with Gasteiger partial charge in [-0.1, -0.05) is 13.3 Å². The van der Waals surface area contributed by atoms with E-state index in [0.29, 0.717) is 23.7 Å². The Morgan fingerprint density at radius 3 is 2.84 bits per heavy atom. The van der Waals surface area contributed by atoms with Gasteiger partial charge in [0, 0.05) is 11.8 Å². The first-order valence-electron chi connectivity index (χ1n) is 6.48. The molecular formula is C14H23N3O2. The average Bonchev–Trinajstić information content (AvgIpc) is 2.38. The number of hydrogen-bond acceptors (Lipinski definition) is 4. The Balaban J connectivity index is 2.57. The molecule has 106 valence electrons. The largest absolute Gasteiger partial charge is 0.494 e. The summed E-state index contributed by atoms with van der Waals surface area (Å²) >= 11 is 0. The van der Waals surface area contributed by atoms with E-state index in [0.717, 1.165) is 19.4 Å². The number of carbonyl (C=O) groups excluding carboxylic acids is 1. The number of hydrogen-bond donors (Lipinski definition) is 2. The van der Waals surface area contributed by atoms with Crippen LogP contribution in [-0.4, -0.2) is 38.1 Å². The minimum absolute atomic E-state index is 0.0540. The monoisotopic (exact) mass is 265 g/mol. The quantitative estimate of drug-likeness (QED) is 0.739. The Morgan fingerprint density at radius 1 is 1.47 bits per heavy atom. The van der Waals surface area contributed by atoms with Crippen molar-refractivity contribution in [2.24, 2.45) is 0 Å². The minimum atomic E-state index is -0.0540. The zero-order chi connectivity index (χ0) is 14.3. The molecule has 5 heteroatoms. The topological polar surface area (TPSA) is 67.6 Å². The third-order valence-electron chi connectivity index (χ3n) is 2.81. The minimum Gasteiger partial charge on any atom is -0.494 e. The Labute approximate surface area is 114 Å². The molecule has 3 N–H and O–H groups in total. The van der Waals surface area contributed by atoms with E-state index in [1.807, 2.05) is 11.9 Å². The number of ether oxygens (including phenoxy) is 1. The third kappa shape index (κ3) is 5.18. The molecule has 0 unspecified atom stereocenters. The second kappa shape index (κ2) is 7.63. The van der Waals surface area contributed by atoms with E-state index >= 15 is 0 Å². The van der Waals surface area contributed by atoms with Crippen molar-refractivity contribution in [3.05, 3.63) is 18.2 Å². The fourth-order valence-electron chi connectivity index (χ4n) is 1.75. The SMILES string of the molecule is CCCCN(C)CC(=O)Nc1ccc(N)cc1OC. The lowest BCUT2D eigenvalue weighted by molar-refractivity contribution is -0.117. The normalized spacial score (nSPS) is 10.5. The number of rotatable bonds is 7. The number of methoxy groups -OCH3 is 1. The highest BCUT2D eigenvalue weighted by Gasteiger charge is 2.10. The van der Waals surface area contributed by atoms with Crippen LogP contribution in [-0.2, 0) is 4.79 Å². The molecule has 0 aliphatic heterocycles. The zero-order valence-electron chi connectivity index (χ0n) is 11.9. The van der Waals surface area contributed by atoms with Gasteiger partial charge < -0.3 is 15.8 Å². The summed E-state index contributed by atoms with van der Waals surface area (Å²) in [5.74, 6) is 0.520. The maximum absolute atomic E-state index is 11.9. The number of unbranched alkanes of at least 4 members (excludes halogenated alkanes) is 1. The molecule has 1 rings (SSSR count). The van der Waals surface area contributed by atoms with E-state index in [2.05, 4.69) is 12.2 Å². The first kappa shape index (κ1) is 15.3. The summed E-state index contributed by atoms with van der Waals surface area (Å²) in [5, 5.41) is 2.83. The number of nitrogens with one attached hydrogen (secondary N) is 1. The van der Waals surface area contributed by atoms with Crippen LogP contribution in [0.25, 0.3) is 0 Å². The van der Waals surface area contributed by atoms with Crippen LogP contribution < -0.4 is 15.8 Å². The second-order valence-electron chi connectivity index (χ2n) is 4.60. The molecular weight excluding hydrogens is 242 g/mol. The third-order valence-corrected chi connectivity index (χ3v) is 2.81. The van der Waals surface area contributed by atoms with E-state index < -0.39 is 0 Å². The van der Waals surface area contributed by atoms with Crippen molar-refractivity contribution in [1.29, 1.82) is 0 Å². The van der Waals surface area contributed by atoms with Crippen molar-refractivity contribution >= 4 is 17.3 Å². The van der Waals surface area contributed by atoms with Gasteiger partial charge in [0.25, 0.3) is 0 Å². The Kier molecular flexibility index (Phi) is 6.15. The molecule has 0 saturated carbocycles. The lowest BCUT2D eigenvalue weighted by Gasteiger charge is -2.16. The summed E-state index contributed by atoms with van der Waals surface area (Å²) in [5.41, 5.74) is 6.92. The smallest absolute Gasteiger partial charge is 0.238 e. The molecule has 0 bridgehead atoms. The molecule has 0 fully saturated rings. The maximum atomic E-state index is 11.9. The van der Waals surface area contributed by atoms with E-state index in [4.69, 9.17) is 10.5 Å². The highest BCUT2D eigenvalue weighted by Crippen LogP contribution is 2.26. The molecule has 0 aliphatic carbocycles. The summed E-state index contributed by atoms with van der Waals surface area (Å²) in [6, 6.07) is 5.17. The number of carbonyl (C=O) groups is 1. The molecule has 1 amide bonds. The van der Waals surface area contributed by atoms with Crippen LogP contribution in [0.15, 0.2) is 18.2 Å². The Hall–Kier alpha value is -1.75. The van der Waals surface area contributed by atoms with Gasteiger partial charge in [-0.15, -0.1) is 0 Å². The van der Waals surface area contributed by atoms with Crippen LogP contribution in [0.1, 0.15) is 19.8 Å². The van der Waals surface area contributed by atoms with Gasteiger partial charge in [-0.25, -0.2) is 0 Å². The summed E-state index contributed by atoms with van der Waals surface area (Å²) in [7, 11) is 3.49. The molecule has 0 spiro atoms. The van der Waals surface area contributed by atoms with Crippen LogP contribution >= 0.6 is 0 Å². The molecule has 1 aromatic rings. The van der Waals surface area contributed by atoms with E-state index in [1.165, 1.54) is 0 Å². The number of nitrogens with two attached hydrogens (primary N) is 1. The number of amides is 1. The van der Waals surface area contributed by atoms with Crippen molar-refractivity contribution in [3.63, 3.8) is 0 Å². The van der Waals surface area contributed by atoms with Crippen molar-refractivity contribution in [1.82, 2.24) is 4.90 Å². The van der Waals surface area contributed by atoms with Crippen molar-refractivity contribution in [3.8, 4) is 5.75 Å². The number of nitrogens with zero attached hydrogens (tertiary/aromatic N) is 1. The van der Waals surface area contributed by atoms with Crippen LogP contribution in [0.5, 0.6) is 5.75 Å². The van der Waals surface area contributed by atoms with Crippen LogP contribution in [0.2, 0.25) is 0 Å². The Bertz CT molecular complexity index is 421. The van der Waals surface area contributed by atoms with E-state index in [1.54, 1.807) is 25.3 Å². The second-order valence-corrected chi connectivity index (χ2v) is 4.60. The predicted molar refractivity (Wildman–Crippen MR) is 78.4 cm³/mol. The van der Waals surface area contributed by atoms with Gasteiger partial charge in [0.2, 0.25) is 5.91 Å². The van der Waals surface area contributed by atoms with Gasteiger partial charge in [0.1, 0.15) is 5.75 Å². The van der Waals surface area contributed by atoms with Crippen molar-refractivity contribution < 1.29 is 9.53 Å². The zero-order valence-corrected chi connectivity index (χ0v) is 11.9. The highest BCUT2D eigenvalue weighted by molar-refractivity contribution is 5.94. The molecule has 19 heavy (non-hydrogen) atoms. The van der Waals surface area contributed by atoms with E-state index in [-0.39, 0.29) is 5.91 Å². The lowest BCUT2D eigenvalue weighted by atomic mass is 10.2. The maximum Gasteiger partial charge on any atom is 0.238 e. The highest BCUT2D eigenvalue weighted by atomic mass is 16.5. The molecule has 1 aromatic carbocycles. The van der Waals surface area contributed by atoms with Crippen molar-refractivity contribution in [2.45, 2.75) is 19.8 Å². The van der Waals surface area contributed by atoms with Crippen LogP contribution in [0, 0.1) is 0 Å². The first-order valence-corrected chi connectivity index (χ1v) is 6.48. The number of likely N-dealkylation sites (N-methyl/N-ethyl adjacent to an activating group) is 1. The van der Waals surface area contributed by atoms with Gasteiger partial charge in [-0.3, -0.25) is 9.69 Å². The van der Waals surface area contributed by atoms with Crippen LogP contribution in [0.3, 0.4) is 0 Å². The lowest BCUT2D eigenvalue weighted by Crippen LogP contribution is -2.30. The molecule has 0 atom stereocenters. The fourth-order valence-corrected chi connectivity index (χ4v) is 1.75. The molecule has 0 aliphatic rings. The average molecular weight is 265 g/mol. The van der Waals surface area contributed by atoms with Gasteiger partial charge in [0.05, 0.1) is 19.3 Å². The fraction of sp³-hybridized carbons (Fsp3) is 0.500. The summed E-state index contributed by atoms with van der Waals surface area (Å²) in [4.78, 5) is 13.9. The molecule has 0 heterocycles. The standard InChI is InChI=1S/C14H23N3O2/c1-4-5-8-17(2)10-14(18)16-12-7-6-11(15)9-13(12)19-3/h6-7,9H,4-5,8,10,15H2,1-3H3,(H,16,18). The summed E-state index contributed by atoms with van der Waals surface area (Å²) in [6.45, 7) is 3.42. The molecule has 0 saturated heterocycles. The number of benzene rings is 1. The molecule has 0 radical (unpaired) electrons. The van der Waals surface area contributed by atoms with Gasteiger partial charge in [-0.2, -0.15) is 0 Å². The summed E-state index contributed by atoms with van der Waals surface area (Å²) < 4.78 is 5.19. The van der Waals surface area contributed by atoms with Gasteiger partial charge >= 0.3 is 0 Å². The summed E-state index contributed by atoms with van der Waals surface area (Å²) in [6.07, 6.45) is 2.21. The molecule has 5 nitrogen and oxygen atoms in total. The van der Waals surface area contributed by atoms with Crippen molar-refractivity contribution in [2.75, 3.05) is 38.3 Å². The van der Waals surface area contributed by atoms with Crippen LogP contribution in [0.4, 0.5) is 11.4 Å². The molecule has 0 aromatic heterocycles. The van der Waals surface area contributed by atoms with E-state index in [9.17, 15) is 4.79 Å². The van der Waals surface area contributed by atoms with Gasteiger partial charge in [-0.05, 0) is 32.1 Å². The predicted octanol–water partition coefficient (Wildman–Crippen LogP) is 1.95. The first-order chi connectivity index (χ1) is 9.06.